The van der Waals surface area contributed by atoms with Gasteiger partial charge >= 0.3 is 17.2 Å². The Bertz CT molecular complexity index is 1750. The van der Waals surface area contributed by atoms with E-state index in [1.165, 1.54) is 51.7 Å². The van der Waals surface area contributed by atoms with Crippen LogP contribution < -0.4 is 30.2 Å². The molecule has 0 aliphatic carbocycles. The SMILES string of the molecule is COc1cc(C(=O)Oc2ccc3c(-c4cc5ccccc5oc4=O)cc(=O)oc3c2)cc(OC)c1OC. The van der Waals surface area contributed by atoms with E-state index in [-0.39, 0.29) is 34.0 Å². The van der Waals surface area contributed by atoms with E-state index in [4.69, 9.17) is 27.8 Å². The summed E-state index contributed by atoms with van der Waals surface area (Å²) in [4.78, 5) is 38.0. The van der Waals surface area contributed by atoms with Gasteiger partial charge in [0.1, 0.15) is 16.9 Å². The predicted octanol–water partition coefficient (Wildman–Crippen LogP) is 4.81. The Morgan fingerprint density at radius 3 is 2.16 bits per heavy atom. The number of carbonyl (C=O) groups is 1. The first-order valence-corrected chi connectivity index (χ1v) is 11.0. The number of esters is 1. The molecule has 2 aromatic heterocycles. The van der Waals surface area contributed by atoms with Gasteiger partial charge in [-0.05, 0) is 36.4 Å². The molecule has 0 aliphatic rings. The van der Waals surface area contributed by atoms with Gasteiger partial charge in [0, 0.05) is 28.5 Å². The van der Waals surface area contributed by atoms with Crippen LogP contribution in [0.2, 0.25) is 0 Å². The van der Waals surface area contributed by atoms with Crippen LogP contribution in [0.3, 0.4) is 0 Å². The summed E-state index contributed by atoms with van der Waals surface area (Å²) >= 11 is 0. The number of hydrogen-bond donors (Lipinski definition) is 0. The third-order valence-electron chi connectivity index (χ3n) is 5.76. The van der Waals surface area contributed by atoms with Crippen LogP contribution in [-0.2, 0) is 0 Å². The van der Waals surface area contributed by atoms with Gasteiger partial charge < -0.3 is 27.8 Å². The first kappa shape index (κ1) is 23.7. The maximum atomic E-state index is 12.9. The fourth-order valence-electron chi connectivity index (χ4n) is 4.04. The summed E-state index contributed by atoms with van der Waals surface area (Å²) < 4.78 is 32.1. The number of ether oxygens (including phenoxy) is 4. The fourth-order valence-corrected chi connectivity index (χ4v) is 4.04. The number of fused-ring (bicyclic) bond motifs is 2. The van der Waals surface area contributed by atoms with E-state index in [1.807, 2.05) is 6.07 Å². The lowest BCUT2D eigenvalue weighted by molar-refractivity contribution is 0.0734. The zero-order valence-electron chi connectivity index (χ0n) is 20.0. The van der Waals surface area contributed by atoms with Crippen molar-refractivity contribution in [2.24, 2.45) is 0 Å². The largest absolute Gasteiger partial charge is 0.493 e. The summed E-state index contributed by atoms with van der Waals surface area (Å²) in [6.45, 7) is 0. The van der Waals surface area contributed by atoms with E-state index in [9.17, 15) is 14.4 Å². The maximum Gasteiger partial charge on any atom is 0.344 e. The van der Waals surface area contributed by atoms with Crippen molar-refractivity contribution in [2.75, 3.05) is 21.3 Å². The van der Waals surface area contributed by atoms with Crippen LogP contribution in [0.1, 0.15) is 10.4 Å². The van der Waals surface area contributed by atoms with Crippen molar-refractivity contribution in [3.8, 4) is 34.1 Å². The molecule has 3 aromatic carbocycles. The fraction of sp³-hybridized carbons (Fsp3) is 0.107. The molecule has 9 heteroatoms. The van der Waals surface area contributed by atoms with E-state index >= 15 is 0 Å². The quantitative estimate of drug-likeness (QED) is 0.184. The standard InChI is InChI=1S/C28H20O9/c1-32-23-11-16(12-24(33-2)26(23)34-3)27(30)35-17-8-9-18-19(14-25(29)36-22(18)13-17)20-10-15-6-4-5-7-21(15)37-28(20)31/h4-14H,1-3H3. The number of carbonyl (C=O) groups excluding carboxylic acids is 1. The van der Waals surface area contributed by atoms with Crippen LogP contribution in [-0.4, -0.2) is 27.3 Å². The molecule has 0 saturated heterocycles. The predicted molar refractivity (Wildman–Crippen MR) is 135 cm³/mol. The van der Waals surface area contributed by atoms with Gasteiger partial charge in [-0.2, -0.15) is 0 Å². The van der Waals surface area contributed by atoms with Crippen molar-refractivity contribution in [2.45, 2.75) is 0 Å². The lowest BCUT2D eigenvalue weighted by Crippen LogP contribution is -2.10. The number of hydrogen-bond acceptors (Lipinski definition) is 9. The van der Waals surface area contributed by atoms with Gasteiger partial charge in [-0.15, -0.1) is 0 Å². The molecule has 37 heavy (non-hydrogen) atoms. The zero-order chi connectivity index (χ0) is 26.1. The summed E-state index contributed by atoms with van der Waals surface area (Å²) in [5, 5.41) is 1.17. The normalized spacial score (nSPS) is 10.9. The molecule has 0 N–H and O–H groups in total. The van der Waals surface area contributed by atoms with Gasteiger partial charge in [0.2, 0.25) is 5.75 Å². The molecule has 0 bridgehead atoms. The van der Waals surface area contributed by atoms with Crippen molar-refractivity contribution in [1.29, 1.82) is 0 Å². The third kappa shape index (κ3) is 4.38. The average Bonchev–Trinajstić information content (AvgIpc) is 2.91. The minimum Gasteiger partial charge on any atom is -0.493 e. The molecule has 2 heterocycles. The minimum absolute atomic E-state index is 0.122. The molecule has 0 fully saturated rings. The smallest absolute Gasteiger partial charge is 0.344 e. The van der Waals surface area contributed by atoms with E-state index in [0.717, 1.165) is 0 Å². The van der Waals surface area contributed by atoms with Gasteiger partial charge in [-0.25, -0.2) is 14.4 Å². The molecule has 0 spiro atoms. The van der Waals surface area contributed by atoms with Crippen molar-refractivity contribution >= 4 is 27.9 Å². The van der Waals surface area contributed by atoms with Crippen LogP contribution in [0.5, 0.6) is 23.0 Å². The Kier molecular flexibility index (Phi) is 6.10. The molecular formula is C28H20O9. The molecule has 5 aromatic rings. The zero-order valence-corrected chi connectivity index (χ0v) is 20.0. The second kappa shape index (κ2) is 9.54. The van der Waals surface area contributed by atoms with Crippen molar-refractivity contribution in [3.63, 3.8) is 0 Å². The first-order valence-electron chi connectivity index (χ1n) is 11.0. The highest BCUT2D eigenvalue weighted by molar-refractivity contribution is 5.97. The van der Waals surface area contributed by atoms with E-state index in [2.05, 4.69) is 0 Å². The van der Waals surface area contributed by atoms with Crippen molar-refractivity contribution < 1.29 is 32.6 Å². The lowest BCUT2D eigenvalue weighted by atomic mass is 10.0. The average molecular weight is 500 g/mol. The first-order chi connectivity index (χ1) is 17.9. The van der Waals surface area contributed by atoms with Crippen LogP contribution in [0, 0.1) is 0 Å². The van der Waals surface area contributed by atoms with Gasteiger partial charge in [-0.1, -0.05) is 18.2 Å². The molecule has 0 aliphatic heterocycles. The summed E-state index contributed by atoms with van der Waals surface area (Å²) in [5.74, 6) is 0.332. The molecular weight excluding hydrogens is 480 g/mol. The monoisotopic (exact) mass is 500 g/mol. The van der Waals surface area contributed by atoms with Gasteiger partial charge in [0.05, 0.1) is 32.5 Å². The molecule has 0 atom stereocenters. The second-order valence-corrected chi connectivity index (χ2v) is 7.93. The second-order valence-electron chi connectivity index (χ2n) is 7.93. The molecule has 0 saturated carbocycles. The number of para-hydroxylation sites is 1. The van der Waals surface area contributed by atoms with Gasteiger partial charge in [-0.3, -0.25) is 0 Å². The Hall–Kier alpha value is -5.05. The van der Waals surface area contributed by atoms with Crippen molar-refractivity contribution in [3.05, 3.63) is 93.1 Å². The molecule has 186 valence electrons. The van der Waals surface area contributed by atoms with Gasteiger partial charge in [0.15, 0.2) is 11.5 Å². The minimum atomic E-state index is -0.702. The molecule has 9 nitrogen and oxygen atoms in total. The molecule has 5 rings (SSSR count). The Morgan fingerprint density at radius 2 is 1.46 bits per heavy atom. The summed E-state index contributed by atoms with van der Waals surface area (Å²) in [5.41, 5.74) is -0.00738. The topological polar surface area (TPSA) is 114 Å². The molecule has 0 radical (unpaired) electrons. The van der Waals surface area contributed by atoms with Gasteiger partial charge in [0.25, 0.3) is 0 Å². The maximum absolute atomic E-state index is 12.9. The summed E-state index contributed by atoms with van der Waals surface area (Å²) in [6.07, 6.45) is 0. The van der Waals surface area contributed by atoms with E-state index in [1.54, 1.807) is 30.3 Å². The van der Waals surface area contributed by atoms with E-state index < -0.39 is 17.2 Å². The van der Waals surface area contributed by atoms with Crippen LogP contribution >= 0.6 is 0 Å². The number of methoxy groups -OCH3 is 3. The Labute approximate surface area is 209 Å². The highest BCUT2D eigenvalue weighted by Gasteiger charge is 2.19. The highest BCUT2D eigenvalue weighted by Crippen LogP contribution is 2.38. The summed E-state index contributed by atoms with van der Waals surface area (Å²) in [7, 11) is 4.33. The van der Waals surface area contributed by atoms with Crippen LogP contribution in [0.25, 0.3) is 33.1 Å². The molecule has 0 amide bonds. The van der Waals surface area contributed by atoms with Crippen molar-refractivity contribution in [1.82, 2.24) is 0 Å². The summed E-state index contributed by atoms with van der Waals surface area (Å²) in [6, 6.07) is 17.4. The lowest BCUT2D eigenvalue weighted by Gasteiger charge is -2.14. The number of benzene rings is 3. The highest BCUT2D eigenvalue weighted by atomic mass is 16.5. The van der Waals surface area contributed by atoms with Crippen LogP contribution in [0.4, 0.5) is 0 Å². The van der Waals surface area contributed by atoms with Crippen LogP contribution in [0.15, 0.2) is 85.2 Å². The number of rotatable bonds is 6. The Balaban J connectivity index is 1.54. The molecule has 0 unspecified atom stereocenters. The Morgan fingerprint density at radius 1 is 0.730 bits per heavy atom. The van der Waals surface area contributed by atoms with E-state index in [0.29, 0.717) is 27.7 Å². The third-order valence-corrected chi connectivity index (χ3v) is 5.76.